The van der Waals surface area contributed by atoms with Crippen molar-refractivity contribution >= 4 is 0 Å². The second kappa shape index (κ2) is 6.29. The molecule has 2 fully saturated rings. The van der Waals surface area contributed by atoms with Crippen molar-refractivity contribution in [2.24, 2.45) is 0 Å². The zero-order chi connectivity index (χ0) is 17.4. The van der Waals surface area contributed by atoms with E-state index in [2.05, 4.69) is 42.3 Å². The molecule has 2 bridgehead atoms. The Kier molecular flexibility index (Phi) is 4.11. The van der Waals surface area contributed by atoms with Crippen LogP contribution in [0.25, 0.3) is 11.1 Å². The van der Waals surface area contributed by atoms with Gasteiger partial charge < -0.3 is 10.0 Å². The molecular formula is C22H24N2O. The lowest BCUT2D eigenvalue weighted by molar-refractivity contribution is -0.0437. The van der Waals surface area contributed by atoms with Gasteiger partial charge in [-0.2, -0.15) is 5.26 Å². The van der Waals surface area contributed by atoms with E-state index in [4.69, 9.17) is 0 Å². The molecule has 0 aromatic heterocycles. The minimum Gasteiger partial charge on any atom is -0.389 e. The maximum Gasteiger partial charge on any atom is 0.0998 e. The molecule has 25 heavy (non-hydrogen) atoms. The lowest BCUT2D eigenvalue weighted by Gasteiger charge is -2.42. The largest absolute Gasteiger partial charge is 0.389 e. The van der Waals surface area contributed by atoms with Crippen molar-refractivity contribution in [3.63, 3.8) is 0 Å². The first-order chi connectivity index (χ1) is 12.1. The summed E-state index contributed by atoms with van der Waals surface area (Å²) < 4.78 is 0. The van der Waals surface area contributed by atoms with Crippen LogP contribution in [-0.4, -0.2) is 34.7 Å². The zero-order valence-electron chi connectivity index (χ0n) is 14.7. The predicted molar refractivity (Wildman–Crippen MR) is 99.1 cm³/mol. The molecule has 2 atom stereocenters. The summed E-state index contributed by atoms with van der Waals surface area (Å²) in [7, 11) is 2.20. The molecule has 2 saturated heterocycles. The van der Waals surface area contributed by atoms with Gasteiger partial charge in [0.1, 0.15) is 0 Å². The molecule has 2 aromatic carbocycles. The fourth-order valence-electron chi connectivity index (χ4n) is 4.70. The number of nitriles is 1. The molecule has 0 radical (unpaired) electrons. The summed E-state index contributed by atoms with van der Waals surface area (Å²) in [4.78, 5) is 2.45. The first-order valence-electron chi connectivity index (χ1n) is 9.11. The molecule has 3 heteroatoms. The summed E-state index contributed by atoms with van der Waals surface area (Å²) in [5.41, 5.74) is 3.30. The molecule has 2 unspecified atom stereocenters. The molecule has 0 aliphatic carbocycles. The van der Waals surface area contributed by atoms with Crippen LogP contribution in [0.1, 0.15) is 36.8 Å². The highest BCUT2D eigenvalue weighted by Crippen LogP contribution is 2.41. The Morgan fingerprint density at radius 3 is 2.36 bits per heavy atom. The van der Waals surface area contributed by atoms with Crippen LogP contribution in [0, 0.1) is 11.3 Å². The van der Waals surface area contributed by atoms with E-state index in [9.17, 15) is 10.4 Å². The standard InChI is InChI=1S/C22H24N2O/c1-24-19-10-11-20(24)14-22(25,13-19)12-16-6-8-17(9-7-16)21-5-3-2-4-18(21)15-23/h2-9,19-20,25H,10-14H2,1H3. The Balaban J connectivity index is 1.52. The van der Waals surface area contributed by atoms with Crippen molar-refractivity contribution in [1.29, 1.82) is 5.26 Å². The van der Waals surface area contributed by atoms with Crippen molar-refractivity contribution in [2.75, 3.05) is 7.05 Å². The lowest BCUT2D eigenvalue weighted by Crippen LogP contribution is -2.50. The lowest BCUT2D eigenvalue weighted by atomic mass is 9.81. The van der Waals surface area contributed by atoms with Crippen molar-refractivity contribution < 1.29 is 5.11 Å². The van der Waals surface area contributed by atoms with E-state index < -0.39 is 5.60 Å². The van der Waals surface area contributed by atoms with Crippen LogP contribution in [0.3, 0.4) is 0 Å². The van der Waals surface area contributed by atoms with Crippen LogP contribution < -0.4 is 0 Å². The molecule has 0 amide bonds. The highest BCUT2D eigenvalue weighted by Gasteiger charge is 2.45. The smallest absolute Gasteiger partial charge is 0.0998 e. The molecule has 1 N–H and O–H groups in total. The summed E-state index contributed by atoms with van der Waals surface area (Å²) in [6.45, 7) is 0. The number of hydrogen-bond donors (Lipinski definition) is 1. The molecule has 4 rings (SSSR count). The van der Waals surface area contributed by atoms with Gasteiger partial charge in [0.05, 0.1) is 17.2 Å². The number of hydrogen-bond acceptors (Lipinski definition) is 3. The second-order valence-corrected chi connectivity index (χ2v) is 7.71. The average molecular weight is 332 g/mol. The molecule has 0 saturated carbocycles. The third kappa shape index (κ3) is 3.08. The molecule has 2 heterocycles. The summed E-state index contributed by atoms with van der Waals surface area (Å²) in [5.74, 6) is 0. The van der Waals surface area contributed by atoms with Crippen LogP contribution in [0.5, 0.6) is 0 Å². The zero-order valence-corrected chi connectivity index (χ0v) is 14.7. The number of aliphatic hydroxyl groups is 1. The van der Waals surface area contributed by atoms with E-state index in [1.165, 1.54) is 18.4 Å². The summed E-state index contributed by atoms with van der Waals surface area (Å²) in [5, 5.41) is 20.4. The minimum atomic E-state index is -0.579. The highest BCUT2D eigenvalue weighted by atomic mass is 16.3. The Hall–Kier alpha value is -2.15. The summed E-state index contributed by atoms with van der Waals surface area (Å²) in [6.07, 6.45) is 4.90. The van der Waals surface area contributed by atoms with Gasteiger partial charge in [0, 0.05) is 18.5 Å². The highest BCUT2D eigenvalue weighted by molar-refractivity contribution is 5.70. The van der Waals surface area contributed by atoms with Gasteiger partial charge in [0.15, 0.2) is 0 Å². The number of rotatable bonds is 3. The maximum absolute atomic E-state index is 11.1. The molecule has 128 valence electrons. The van der Waals surface area contributed by atoms with Crippen LogP contribution in [0.15, 0.2) is 48.5 Å². The van der Waals surface area contributed by atoms with Gasteiger partial charge in [0.2, 0.25) is 0 Å². The van der Waals surface area contributed by atoms with Crippen molar-refractivity contribution in [2.45, 2.75) is 49.8 Å². The van der Waals surface area contributed by atoms with E-state index in [1.807, 2.05) is 24.3 Å². The molecule has 2 aliphatic heterocycles. The Morgan fingerprint density at radius 1 is 1.08 bits per heavy atom. The monoisotopic (exact) mass is 332 g/mol. The minimum absolute atomic E-state index is 0.533. The Labute approximate surface area is 149 Å². The van der Waals surface area contributed by atoms with Gasteiger partial charge in [-0.15, -0.1) is 0 Å². The normalized spacial score (nSPS) is 28.7. The maximum atomic E-state index is 11.1. The molecule has 3 nitrogen and oxygen atoms in total. The number of benzene rings is 2. The van der Waals surface area contributed by atoms with E-state index in [1.54, 1.807) is 0 Å². The van der Waals surface area contributed by atoms with Gasteiger partial charge in [-0.1, -0.05) is 42.5 Å². The predicted octanol–water partition coefficient (Wildman–Crippen LogP) is 3.76. The SMILES string of the molecule is CN1C2CCC1CC(O)(Cc1ccc(-c3ccccc3C#N)cc1)C2. The molecule has 2 aliphatic rings. The van der Waals surface area contributed by atoms with Crippen molar-refractivity contribution in [3.8, 4) is 17.2 Å². The van der Waals surface area contributed by atoms with E-state index >= 15 is 0 Å². The van der Waals surface area contributed by atoms with E-state index in [0.29, 0.717) is 24.1 Å². The Bertz CT molecular complexity index is 792. The summed E-state index contributed by atoms with van der Waals surface area (Å²) in [6, 6.07) is 19.3. The molecule has 2 aromatic rings. The third-order valence-electron chi connectivity index (χ3n) is 6.06. The number of fused-ring (bicyclic) bond motifs is 2. The van der Waals surface area contributed by atoms with Crippen molar-refractivity contribution in [1.82, 2.24) is 4.90 Å². The molecular weight excluding hydrogens is 308 g/mol. The third-order valence-corrected chi connectivity index (χ3v) is 6.06. The van der Waals surface area contributed by atoms with E-state index in [-0.39, 0.29) is 0 Å². The number of piperidine rings is 1. The van der Waals surface area contributed by atoms with E-state index in [0.717, 1.165) is 24.0 Å². The van der Waals surface area contributed by atoms with Gasteiger partial charge >= 0.3 is 0 Å². The first-order valence-corrected chi connectivity index (χ1v) is 9.11. The average Bonchev–Trinajstić information content (AvgIpc) is 2.84. The fraction of sp³-hybridized carbons (Fsp3) is 0.409. The van der Waals surface area contributed by atoms with Gasteiger partial charge in [-0.3, -0.25) is 0 Å². The van der Waals surface area contributed by atoms with Crippen LogP contribution in [-0.2, 0) is 6.42 Å². The summed E-state index contributed by atoms with van der Waals surface area (Å²) >= 11 is 0. The Morgan fingerprint density at radius 2 is 1.72 bits per heavy atom. The first kappa shape index (κ1) is 16.3. The van der Waals surface area contributed by atoms with Gasteiger partial charge in [-0.25, -0.2) is 0 Å². The van der Waals surface area contributed by atoms with Crippen LogP contribution in [0.4, 0.5) is 0 Å². The van der Waals surface area contributed by atoms with Gasteiger partial charge in [0.25, 0.3) is 0 Å². The van der Waals surface area contributed by atoms with Crippen molar-refractivity contribution in [3.05, 3.63) is 59.7 Å². The van der Waals surface area contributed by atoms with Crippen LogP contribution >= 0.6 is 0 Å². The van der Waals surface area contributed by atoms with Crippen LogP contribution in [0.2, 0.25) is 0 Å². The topological polar surface area (TPSA) is 47.3 Å². The number of nitrogens with zero attached hydrogens (tertiary/aromatic N) is 2. The second-order valence-electron chi connectivity index (χ2n) is 7.71. The quantitative estimate of drug-likeness (QED) is 0.931. The fourth-order valence-corrected chi connectivity index (χ4v) is 4.70. The molecule has 0 spiro atoms. The van der Waals surface area contributed by atoms with Gasteiger partial charge in [-0.05, 0) is 55.5 Å².